The number of hydrogen-bond acceptors (Lipinski definition) is 3. The number of fused-ring (bicyclic) bond motifs is 8. The van der Waals surface area contributed by atoms with Crippen LogP contribution in [-0.4, -0.2) is 4.57 Å². The van der Waals surface area contributed by atoms with Gasteiger partial charge in [0.15, 0.2) is 5.58 Å². The highest BCUT2D eigenvalue weighted by atomic mass is 16.3. The van der Waals surface area contributed by atoms with E-state index >= 15 is 0 Å². The van der Waals surface area contributed by atoms with Crippen molar-refractivity contribution < 1.29 is 8.83 Å². The van der Waals surface area contributed by atoms with Crippen molar-refractivity contribution in [1.29, 1.82) is 0 Å². The summed E-state index contributed by atoms with van der Waals surface area (Å²) < 4.78 is 15.5. The van der Waals surface area contributed by atoms with Crippen molar-refractivity contribution in [2.45, 2.75) is 0 Å². The van der Waals surface area contributed by atoms with Crippen LogP contribution in [-0.2, 0) is 0 Å². The molecule has 3 aromatic heterocycles. The summed E-state index contributed by atoms with van der Waals surface area (Å²) in [5, 5.41) is 5.60. The molecule has 0 N–H and O–H groups in total. The highest BCUT2D eigenvalue weighted by Gasteiger charge is 2.23. The predicted octanol–water partition coefficient (Wildman–Crippen LogP) is 15.9. The molecule has 0 unspecified atom stereocenters. The molecule has 3 heterocycles. The summed E-state index contributed by atoms with van der Waals surface area (Å²) in [6, 6.07) is 77.2. The second-order valence-electron chi connectivity index (χ2n) is 15.3. The predicted molar refractivity (Wildman–Crippen MR) is 249 cm³/mol. The van der Waals surface area contributed by atoms with E-state index in [0.29, 0.717) is 0 Å². The first-order valence-corrected chi connectivity index (χ1v) is 20.3. The van der Waals surface area contributed by atoms with Gasteiger partial charge in [-0.2, -0.15) is 0 Å². The van der Waals surface area contributed by atoms with Gasteiger partial charge in [0, 0.05) is 44.2 Å². The van der Waals surface area contributed by atoms with Gasteiger partial charge in [0.1, 0.15) is 11.2 Å². The first-order valence-electron chi connectivity index (χ1n) is 20.3. The number of para-hydroxylation sites is 5. The molecule has 4 nitrogen and oxygen atoms in total. The molecular weight excluding hydrogens is 733 g/mol. The average molecular weight is 769 g/mol. The molecule has 0 saturated carbocycles. The zero-order valence-electron chi connectivity index (χ0n) is 32.5. The van der Waals surface area contributed by atoms with Crippen LogP contribution in [0.4, 0.5) is 17.1 Å². The van der Waals surface area contributed by atoms with Crippen molar-refractivity contribution in [3.05, 3.63) is 218 Å². The Morgan fingerprint density at radius 1 is 0.350 bits per heavy atom. The Balaban J connectivity index is 0.992. The van der Waals surface area contributed by atoms with Gasteiger partial charge in [0.05, 0.1) is 16.6 Å². The van der Waals surface area contributed by atoms with E-state index in [9.17, 15) is 0 Å². The van der Waals surface area contributed by atoms with E-state index in [1.165, 1.54) is 16.7 Å². The Bertz CT molecular complexity index is 3500. The van der Waals surface area contributed by atoms with Crippen LogP contribution >= 0.6 is 0 Å². The summed E-state index contributed by atoms with van der Waals surface area (Å²) in [5.41, 5.74) is 15.7. The van der Waals surface area contributed by atoms with Gasteiger partial charge >= 0.3 is 0 Å². The van der Waals surface area contributed by atoms with Gasteiger partial charge in [-0.1, -0.05) is 164 Å². The van der Waals surface area contributed by atoms with Crippen molar-refractivity contribution in [2.24, 2.45) is 0 Å². The summed E-state index contributed by atoms with van der Waals surface area (Å²) in [4.78, 5) is 2.31. The fourth-order valence-corrected chi connectivity index (χ4v) is 9.01. The van der Waals surface area contributed by atoms with Crippen LogP contribution in [0.3, 0.4) is 0 Å². The normalized spacial score (nSPS) is 11.7. The molecule has 0 saturated heterocycles. The van der Waals surface area contributed by atoms with Crippen molar-refractivity contribution >= 4 is 72.0 Å². The molecule has 282 valence electrons. The van der Waals surface area contributed by atoms with Gasteiger partial charge in [-0.15, -0.1) is 0 Å². The lowest BCUT2D eigenvalue weighted by Gasteiger charge is -2.26. The number of furan rings is 2. The highest BCUT2D eigenvalue weighted by Crippen LogP contribution is 2.45. The third-order valence-corrected chi connectivity index (χ3v) is 11.8. The maximum absolute atomic E-state index is 6.64. The van der Waals surface area contributed by atoms with E-state index in [1.54, 1.807) is 0 Å². The second kappa shape index (κ2) is 13.8. The van der Waals surface area contributed by atoms with Crippen LogP contribution in [0.1, 0.15) is 0 Å². The molecule has 60 heavy (non-hydrogen) atoms. The number of nitrogens with zero attached hydrogens (tertiary/aromatic N) is 2. The Hall–Kier alpha value is -8.08. The average Bonchev–Trinajstić information content (AvgIpc) is 4.00. The third kappa shape index (κ3) is 5.46. The molecule has 0 spiro atoms. The van der Waals surface area contributed by atoms with Crippen LogP contribution in [0.25, 0.3) is 94.0 Å². The molecule has 0 bridgehead atoms. The topological polar surface area (TPSA) is 34.5 Å². The van der Waals surface area contributed by atoms with Gasteiger partial charge in [0.2, 0.25) is 5.71 Å². The highest BCUT2D eigenvalue weighted by molar-refractivity contribution is 6.22. The zero-order valence-corrected chi connectivity index (χ0v) is 32.5. The molecule has 12 rings (SSSR count). The van der Waals surface area contributed by atoms with E-state index in [0.717, 1.165) is 94.4 Å². The van der Waals surface area contributed by atoms with Gasteiger partial charge < -0.3 is 13.7 Å². The van der Waals surface area contributed by atoms with Crippen LogP contribution in [0.15, 0.2) is 227 Å². The first-order chi connectivity index (χ1) is 29.8. The molecule has 0 aliphatic carbocycles. The van der Waals surface area contributed by atoms with Crippen LogP contribution in [0, 0.1) is 0 Å². The van der Waals surface area contributed by atoms with Gasteiger partial charge in [-0.05, 0) is 82.4 Å². The summed E-state index contributed by atoms with van der Waals surface area (Å²) in [7, 11) is 0. The minimum Gasteiger partial charge on any atom is -0.454 e. The Morgan fingerprint density at radius 2 is 0.850 bits per heavy atom. The molecule has 12 aromatic rings. The molecule has 0 fully saturated rings. The van der Waals surface area contributed by atoms with Crippen LogP contribution in [0.2, 0.25) is 0 Å². The summed E-state index contributed by atoms with van der Waals surface area (Å²) >= 11 is 0. The van der Waals surface area contributed by atoms with Gasteiger partial charge in [-0.25, -0.2) is 0 Å². The number of aromatic nitrogens is 1. The molecule has 0 amide bonds. The van der Waals surface area contributed by atoms with Crippen molar-refractivity contribution in [3.63, 3.8) is 0 Å². The van der Waals surface area contributed by atoms with Crippen molar-refractivity contribution in [2.75, 3.05) is 4.90 Å². The smallest absolute Gasteiger partial charge is 0.213 e. The summed E-state index contributed by atoms with van der Waals surface area (Å²) in [6.45, 7) is 0. The minimum absolute atomic E-state index is 0.849. The van der Waals surface area contributed by atoms with E-state index in [1.807, 2.05) is 24.3 Å². The number of rotatable bonds is 7. The number of benzene rings is 9. The molecule has 4 heteroatoms. The second-order valence-corrected chi connectivity index (χ2v) is 15.3. The van der Waals surface area contributed by atoms with E-state index < -0.39 is 0 Å². The minimum atomic E-state index is 0.849. The molecule has 0 aliphatic heterocycles. The van der Waals surface area contributed by atoms with Crippen molar-refractivity contribution in [3.8, 4) is 39.1 Å². The lowest BCUT2D eigenvalue weighted by atomic mass is 9.99. The lowest BCUT2D eigenvalue weighted by molar-refractivity contribution is 0.645. The Labute approximate surface area is 346 Å². The largest absolute Gasteiger partial charge is 0.454 e. The third-order valence-electron chi connectivity index (χ3n) is 11.8. The summed E-state index contributed by atoms with van der Waals surface area (Å²) in [5.74, 6) is 0. The zero-order chi connectivity index (χ0) is 39.6. The van der Waals surface area contributed by atoms with Crippen LogP contribution < -0.4 is 4.90 Å². The van der Waals surface area contributed by atoms with Gasteiger partial charge in [0.25, 0.3) is 0 Å². The molecular formula is C56H36N2O2. The molecule has 0 radical (unpaired) electrons. The fraction of sp³-hybridized carbons (Fsp3) is 0. The summed E-state index contributed by atoms with van der Waals surface area (Å²) in [6.07, 6.45) is 0. The SMILES string of the molecule is c1ccc(-c2ccc(-c3ccc(N(c4ccc(-c5cccc6c7c8ccccc8oc7n(-c7ccccc7)c56)cc4)c4cccc5c4oc4ccccc45)cc3)cc2)cc1. The lowest BCUT2D eigenvalue weighted by Crippen LogP contribution is -2.10. The number of anilines is 3. The fourth-order valence-electron chi connectivity index (χ4n) is 9.01. The van der Waals surface area contributed by atoms with E-state index in [4.69, 9.17) is 8.83 Å². The van der Waals surface area contributed by atoms with Crippen LogP contribution in [0.5, 0.6) is 0 Å². The van der Waals surface area contributed by atoms with E-state index in [2.05, 4.69) is 204 Å². The first kappa shape index (κ1) is 34.0. The maximum atomic E-state index is 6.64. The quantitative estimate of drug-likeness (QED) is 0.162. The molecule has 0 aliphatic rings. The standard InChI is InChI=1S/C56H36N2O2/c1-3-13-37(14-4-1)38-25-27-39(28-26-38)40-29-33-43(34-30-40)57(50-22-12-20-47-46-17-7-9-23-51(46)59-55(47)50)44-35-31-41(32-36-44)45-19-11-21-49-53-48-18-8-10-24-52(48)60-56(53)58(54(45)49)42-15-5-2-6-16-42/h1-36H. The molecule has 0 atom stereocenters. The molecule has 9 aromatic carbocycles. The Morgan fingerprint density at radius 3 is 1.53 bits per heavy atom. The number of hydrogen-bond donors (Lipinski definition) is 0. The van der Waals surface area contributed by atoms with E-state index in [-0.39, 0.29) is 0 Å². The van der Waals surface area contributed by atoms with Crippen molar-refractivity contribution in [1.82, 2.24) is 4.57 Å². The monoisotopic (exact) mass is 768 g/mol. The maximum Gasteiger partial charge on any atom is 0.213 e. The van der Waals surface area contributed by atoms with Gasteiger partial charge in [-0.3, -0.25) is 4.57 Å². The Kier molecular flexibility index (Phi) is 7.82.